The minimum Gasteiger partial charge on any atom is -0.378 e. The lowest BCUT2D eigenvalue weighted by Crippen LogP contribution is -2.24. The van der Waals surface area contributed by atoms with E-state index in [2.05, 4.69) is 5.32 Å². The Labute approximate surface area is 163 Å². The monoisotopic (exact) mass is 392 g/mol. The molecular weight excluding hydrogens is 376 g/mol. The Balaban J connectivity index is 1.79. The van der Waals surface area contributed by atoms with Gasteiger partial charge >= 0.3 is 10.1 Å². The Morgan fingerprint density at radius 1 is 0.929 bits per heavy atom. The van der Waals surface area contributed by atoms with Crippen molar-refractivity contribution in [2.75, 3.05) is 0 Å². The van der Waals surface area contributed by atoms with Gasteiger partial charge in [-0.05, 0) is 42.0 Å². The van der Waals surface area contributed by atoms with E-state index >= 15 is 0 Å². The molecule has 7 heteroatoms. The Hall–Kier alpha value is -3.63. The van der Waals surface area contributed by atoms with Gasteiger partial charge in [-0.25, -0.2) is 0 Å². The molecule has 3 aromatic rings. The first-order valence-electron chi connectivity index (χ1n) is 8.35. The van der Waals surface area contributed by atoms with Crippen LogP contribution in [-0.2, 0) is 16.7 Å². The Bertz CT molecular complexity index is 1120. The predicted molar refractivity (Wildman–Crippen MR) is 103 cm³/mol. The lowest BCUT2D eigenvalue weighted by atomic mass is 10.1. The summed E-state index contributed by atoms with van der Waals surface area (Å²) in [5, 5.41) is 11.6. The van der Waals surface area contributed by atoms with E-state index in [0.717, 1.165) is 5.56 Å². The third-order valence-electron chi connectivity index (χ3n) is 3.90. The van der Waals surface area contributed by atoms with Crippen molar-refractivity contribution in [3.63, 3.8) is 0 Å². The third kappa shape index (κ3) is 4.55. The molecule has 0 heterocycles. The molecule has 0 saturated carbocycles. The molecule has 0 fully saturated rings. The average Bonchev–Trinajstić information content (AvgIpc) is 2.73. The molecule has 0 unspecified atom stereocenters. The number of carbonyl (C=O) groups is 1. The molecule has 0 aliphatic carbocycles. The fourth-order valence-corrected chi connectivity index (χ4v) is 3.41. The zero-order chi connectivity index (χ0) is 20.0. The molecule has 0 aliphatic heterocycles. The van der Waals surface area contributed by atoms with Crippen molar-refractivity contribution in [3.05, 3.63) is 95.6 Å². The van der Waals surface area contributed by atoms with Crippen molar-refractivity contribution in [2.45, 2.75) is 11.4 Å². The molecule has 140 valence electrons. The van der Waals surface area contributed by atoms with Crippen molar-refractivity contribution in [3.8, 4) is 11.8 Å². The number of para-hydroxylation sites is 1. The van der Waals surface area contributed by atoms with E-state index in [9.17, 15) is 13.2 Å². The lowest BCUT2D eigenvalue weighted by Gasteiger charge is -2.12. The topological polar surface area (TPSA) is 96.3 Å². The van der Waals surface area contributed by atoms with Crippen molar-refractivity contribution in [1.29, 1.82) is 5.26 Å². The number of benzene rings is 3. The van der Waals surface area contributed by atoms with Crippen LogP contribution in [0.15, 0.2) is 83.8 Å². The standard InChI is InChI=1S/C21H16N2O4S/c22-14-16-10-12-18(13-11-16)28(25,26)27-20-9-5-4-8-19(20)21(24)23-15-17-6-2-1-3-7-17/h1-13H,15H2,(H,23,24). The largest absolute Gasteiger partial charge is 0.378 e. The van der Waals surface area contributed by atoms with Crippen LogP contribution in [0.1, 0.15) is 21.5 Å². The fraction of sp³-hybridized carbons (Fsp3) is 0.0476. The number of nitrogens with zero attached hydrogens (tertiary/aromatic N) is 1. The van der Waals surface area contributed by atoms with Gasteiger partial charge in [0, 0.05) is 6.54 Å². The van der Waals surface area contributed by atoms with E-state index in [4.69, 9.17) is 9.44 Å². The van der Waals surface area contributed by atoms with Gasteiger partial charge in [-0.15, -0.1) is 0 Å². The highest BCUT2D eigenvalue weighted by atomic mass is 32.2. The molecular formula is C21H16N2O4S. The van der Waals surface area contributed by atoms with Crippen molar-refractivity contribution >= 4 is 16.0 Å². The third-order valence-corrected chi connectivity index (χ3v) is 5.15. The molecule has 1 amide bonds. The molecule has 0 saturated heterocycles. The van der Waals surface area contributed by atoms with Gasteiger partial charge in [-0.1, -0.05) is 42.5 Å². The van der Waals surface area contributed by atoms with Crippen LogP contribution in [0.5, 0.6) is 5.75 Å². The van der Waals surface area contributed by atoms with E-state index in [1.807, 2.05) is 36.4 Å². The fourth-order valence-electron chi connectivity index (χ4n) is 2.46. The molecule has 28 heavy (non-hydrogen) atoms. The molecule has 3 rings (SSSR count). The molecule has 1 N–H and O–H groups in total. The van der Waals surface area contributed by atoms with Crippen LogP contribution < -0.4 is 9.50 Å². The Morgan fingerprint density at radius 2 is 1.57 bits per heavy atom. The first-order valence-corrected chi connectivity index (χ1v) is 9.76. The van der Waals surface area contributed by atoms with Crippen LogP contribution in [0.3, 0.4) is 0 Å². The first kappa shape index (κ1) is 19.1. The summed E-state index contributed by atoms with van der Waals surface area (Å²) in [7, 11) is -4.15. The number of carbonyl (C=O) groups excluding carboxylic acids is 1. The molecule has 0 atom stereocenters. The SMILES string of the molecule is N#Cc1ccc(S(=O)(=O)Oc2ccccc2C(=O)NCc2ccccc2)cc1. The quantitative estimate of drug-likeness (QED) is 0.650. The second-order valence-corrected chi connectivity index (χ2v) is 7.38. The van der Waals surface area contributed by atoms with Crippen LogP contribution in [0.4, 0.5) is 0 Å². The van der Waals surface area contributed by atoms with Gasteiger partial charge in [-0.2, -0.15) is 13.7 Å². The van der Waals surface area contributed by atoms with Crippen molar-refractivity contribution < 1.29 is 17.4 Å². The zero-order valence-electron chi connectivity index (χ0n) is 14.7. The highest BCUT2D eigenvalue weighted by Crippen LogP contribution is 2.23. The van der Waals surface area contributed by atoms with Crippen LogP contribution in [-0.4, -0.2) is 14.3 Å². The number of nitrogens with one attached hydrogen (secondary N) is 1. The van der Waals surface area contributed by atoms with E-state index in [-0.39, 0.29) is 16.2 Å². The highest BCUT2D eigenvalue weighted by molar-refractivity contribution is 7.87. The lowest BCUT2D eigenvalue weighted by molar-refractivity contribution is 0.0949. The summed E-state index contributed by atoms with van der Waals surface area (Å²) < 4.78 is 30.2. The van der Waals surface area contributed by atoms with Gasteiger partial charge in [0.25, 0.3) is 5.91 Å². The van der Waals surface area contributed by atoms with E-state index < -0.39 is 16.0 Å². The molecule has 0 aromatic heterocycles. The highest BCUT2D eigenvalue weighted by Gasteiger charge is 2.21. The van der Waals surface area contributed by atoms with Crippen LogP contribution in [0.2, 0.25) is 0 Å². The maximum Gasteiger partial charge on any atom is 0.339 e. The van der Waals surface area contributed by atoms with Crippen molar-refractivity contribution in [1.82, 2.24) is 5.32 Å². The summed E-state index contributed by atoms with van der Waals surface area (Å²) in [5.74, 6) is -0.521. The summed E-state index contributed by atoms with van der Waals surface area (Å²) in [6.45, 7) is 0.302. The Kier molecular flexibility index (Phi) is 5.72. The second-order valence-electron chi connectivity index (χ2n) is 5.84. The van der Waals surface area contributed by atoms with Gasteiger partial charge in [-0.3, -0.25) is 4.79 Å². The number of nitriles is 1. The first-order chi connectivity index (χ1) is 13.5. The second kappa shape index (κ2) is 8.37. The molecule has 6 nitrogen and oxygen atoms in total. The van der Waals surface area contributed by atoms with E-state index in [1.165, 1.54) is 36.4 Å². The van der Waals surface area contributed by atoms with Crippen LogP contribution in [0, 0.1) is 11.3 Å². The molecule has 0 spiro atoms. The van der Waals surface area contributed by atoms with Gasteiger partial charge in [0.05, 0.1) is 17.2 Å². The van der Waals surface area contributed by atoms with Gasteiger partial charge in [0.15, 0.2) is 5.75 Å². The minimum absolute atomic E-state index is 0.0718. The summed E-state index contributed by atoms with van der Waals surface area (Å²) in [6.07, 6.45) is 0. The summed E-state index contributed by atoms with van der Waals surface area (Å²) in [4.78, 5) is 12.4. The van der Waals surface area contributed by atoms with E-state index in [0.29, 0.717) is 12.1 Å². The normalized spacial score (nSPS) is 10.7. The van der Waals surface area contributed by atoms with E-state index in [1.54, 1.807) is 12.1 Å². The number of hydrogen-bond donors (Lipinski definition) is 1. The summed E-state index contributed by atoms with van der Waals surface area (Å²) in [5.41, 5.74) is 1.36. The number of amides is 1. The minimum atomic E-state index is -4.15. The maximum atomic E-state index is 12.5. The van der Waals surface area contributed by atoms with Gasteiger partial charge in [0.1, 0.15) is 4.90 Å². The number of hydrogen-bond acceptors (Lipinski definition) is 5. The summed E-state index contributed by atoms with van der Waals surface area (Å²) >= 11 is 0. The zero-order valence-corrected chi connectivity index (χ0v) is 15.5. The maximum absolute atomic E-state index is 12.5. The van der Waals surface area contributed by atoms with Gasteiger partial charge < -0.3 is 9.50 Å². The van der Waals surface area contributed by atoms with Crippen molar-refractivity contribution in [2.24, 2.45) is 0 Å². The molecule has 0 bridgehead atoms. The smallest absolute Gasteiger partial charge is 0.339 e. The molecule has 0 aliphatic rings. The predicted octanol–water partition coefficient (Wildman–Crippen LogP) is 3.26. The number of rotatable bonds is 6. The Morgan fingerprint density at radius 3 is 2.25 bits per heavy atom. The van der Waals surface area contributed by atoms with Crippen LogP contribution >= 0.6 is 0 Å². The van der Waals surface area contributed by atoms with Gasteiger partial charge in [0.2, 0.25) is 0 Å². The molecule has 0 radical (unpaired) electrons. The molecule has 3 aromatic carbocycles. The van der Waals surface area contributed by atoms with Crippen LogP contribution in [0.25, 0.3) is 0 Å². The summed E-state index contributed by atoms with van der Waals surface area (Å²) in [6, 6.07) is 22.7. The average molecular weight is 392 g/mol.